The minimum absolute atomic E-state index is 0.0274. The lowest BCUT2D eigenvalue weighted by molar-refractivity contribution is 0.180. The summed E-state index contributed by atoms with van der Waals surface area (Å²) in [5.41, 5.74) is 7.79. The van der Waals surface area contributed by atoms with Crippen molar-refractivity contribution in [2.75, 3.05) is 13.7 Å². The SMILES string of the molecule is COCC(N)Cc1c(C)nn(C)c1Cl. The first-order valence-electron chi connectivity index (χ1n) is 4.48. The van der Waals surface area contributed by atoms with Crippen LogP contribution in [0.15, 0.2) is 0 Å². The van der Waals surface area contributed by atoms with E-state index >= 15 is 0 Å². The highest BCUT2D eigenvalue weighted by atomic mass is 35.5. The summed E-state index contributed by atoms with van der Waals surface area (Å²) in [7, 11) is 3.46. The summed E-state index contributed by atoms with van der Waals surface area (Å²) in [6, 6.07) is -0.0274. The summed E-state index contributed by atoms with van der Waals surface area (Å²) in [6.07, 6.45) is 0.701. The first-order valence-corrected chi connectivity index (χ1v) is 4.86. The molecule has 80 valence electrons. The molecule has 1 atom stereocenters. The maximum Gasteiger partial charge on any atom is 0.130 e. The molecule has 0 aromatic carbocycles. The number of methoxy groups -OCH3 is 1. The Balaban J connectivity index is 2.75. The molecular formula is C9H16ClN3O. The summed E-state index contributed by atoms with van der Waals surface area (Å²) in [6.45, 7) is 2.46. The maximum absolute atomic E-state index is 6.06. The Morgan fingerprint density at radius 1 is 1.64 bits per heavy atom. The van der Waals surface area contributed by atoms with Gasteiger partial charge in [-0.2, -0.15) is 5.10 Å². The van der Waals surface area contributed by atoms with Gasteiger partial charge in [0.15, 0.2) is 0 Å². The standard InChI is InChI=1S/C9H16ClN3O/c1-6-8(4-7(11)5-14-3)9(10)13(2)12-6/h7H,4-5,11H2,1-3H3. The van der Waals surface area contributed by atoms with E-state index in [0.29, 0.717) is 18.2 Å². The highest BCUT2D eigenvalue weighted by molar-refractivity contribution is 6.30. The summed E-state index contributed by atoms with van der Waals surface area (Å²) in [4.78, 5) is 0. The molecule has 0 aliphatic rings. The number of nitrogens with two attached hydrogens (primary N) is 1. The Hall–Kier alpha value is -0.580. The molecule has 1 unspecified atom stereocenters. The van der Waals surface area contributed by atoms with Gasteiger partial charge >= 0.3 is 0 Å². The van der Waals surface area contributed by atoms with Crippen LogP contribution < -0.4 is 5.73 Å². The van der Waals surface area contributed by atoms with Crippen molar-refractivity contribution in [3.63, 3.8) is 0 Å². The van der Waals surface area contributed by atoms with Crippen LogP contribution in [0.2, 0.25) is 5.15 Å². The van der Waals surface area contributed by atoms with E-state index in [1.165, 1.54) is 0 Å². The molecule has 5 heteroatoms. The van der Waals surface area contributed by atoms with Crippen LogP contribution in [-0.2, 0) is 18.2 Å². The van der Waals surface area contributed by atoms with Crippen LogP contribution >= 0.6 is 11.6 Å². The highest BCUT2D eigenvalue weighted by Crippen LogP contribution is 2.19. The van der Waals surface area contributed by atoms with Crippen molar-refractivity contribution in [1.29, 1.82) is 0 Å². The van der Waals surface area contributed by atoms with Crippen molar-refractivity contribution in [3.05, 3.63) is 16.4 Å². The molecule has 0 bridgehead atoms. The first-order chi connectivity index (χ1) is 6.56. The van der Waals surface area contributed by atoms with Gasteiger partial charge in [0.25, 0.3) is 0 Å². The molecule has 0 aliphatic heterocycles. The molecule has 0 amide bonds. The molecule has 0 saturated carbocycles. The van der Waals surface area contributed by atoms with Crippen molar-refractivity contribution in [1.82, 2.24) is 9.78 Å². The Labute approximate surface area is 89.0 Å². The second-order valence-electron chi connectivity index (χ2n) is 3.40. The molecule has 0 aliphatic carbocycles. The van der Waals surface area contributed by atoms with Crippen LogP contribution in [0.3, 0.4) is 0 Å². The third kappa shape index (κ3) is 2.47. The van der Waals surface area contributed by atoms with Crippen molar-refractivity contribution >= 4 is 11.6 Å². The van der Waals surface area contributed by atoms with E-state index in [0.717, 1.165) is 11.3 Å². The average Bonchev–Trinajstić information content (AvgIpc) is 2.33. The molecule has 1 heterocycles. The van der Waals surface area contributed by atoms with E-state index in [4.69, 9.17) is 22.1 Å². The Morgan fingerprint density at radius 3 is 2.71 bits per heavy atom. The fourth-order valence-electron chi connectivity index (χ4n) is 1.44. The van der Waals surface area contributed by atoms with Gasteiger partial charge in [0.2, 0.25) is 0 Å². The van der Waals surface area contributed by atoms with Gasteiger partial charge in [0, 0.05) is 25.8 Å². The molecule has 1 aromatic rings. The molecule has 1 aromatic heterocycles. The molecule has 0 spiro atoms. The summed E-state index contributed by atoms with van der Waals surface area (Å²) < 4.78 is 6.63. The topological polar surface area (TPSA) is 53.1 Å². The largest absolute Gasteiger partial charge is 0.383 e. The zero-order chi connectivity index (χ0) is 10.7. The number of nitrogens with zero attached hydrogens (tertiary/aromatic N) is 2. The lowest BCUT2D eigenvalue weighted by atomic mass is 10.1. The third-order valence-corrected chi connectivity index (χ3v) is 2.59. The molecule has 0 saturated heterocycles. The zero-order valence-corrected chi connectivity index (χ0v) is 9.51. The van der Waals surface area contributed by atoms with E-state index in [9.17, 15) is 0 Å². The predicted octanol–water partition coefficient (Wildman–Crippen LogP) is 0.898. The average molecular weight is 218 g/mol. The van der Waals surface area contributed by atoms with Gasteiger partial charge in [-0.3, -0.25) is 4.68 Å². The van der Waals surface area contributed by atoms with Crippen LogP contribution in [0.5, 0.6) is 0 Å². The van der Waals surface area contributed by atoms with Crippen LogP contribution in [0.4, 0.5) is 0 Å². The van der Waals surface area contributed by atoms with Crippen molar-refractivity contribution in [2.45, 2.75) is 19.4 Å². The number of ether oxygens (including phenoxy) is 1. The molecule has 2 N–H and O–H groups in total. The van der Waals surface area contributed by atoms with Gasteiger partial charge in [-0.1, -0.05) is 11.6 Å². The van der Waals surface area contributed by atoms with Gasteiger partial charge in [0.1, 0.15) is 5.15 Å². The Bertz CT molecular complexity index is 311. The highest BCUT2D eigenvalue weighted by Gasteiger charge is 2.14. The minimum Gasteiger partial charge on any atom is -0.383 e. The molecule has 1 rings (SSSR count). The zero-order valence-electron chi connectivity index (χ0n) is 8.75. The molecule has 14 heavy (non-hydrogen) atoms. The lowest BCUT2D eigenvalue weighted by Crippen LogP contribution is -2.28. The van der Waals surface area contributed by atoms with Crippen LogP contribution in [0, 0.1) is 6.92 Å². The molecule has 0 radical (unpaired) electrons. The number of aryl methyl sites for hydroxylation is 2. The lowest BCUT2D eigenvalue weighted by Gasteiger charge is -2.09. The van der Waals surface area contributed by atoms with Gasteiger partial charge in [0.05, 0.1) is 12.3 Å². The maximum atomic E-state index is 6.06. The predicted molar refractivity (Wildman–Crippen MR) is 56.5 cm³/mol. The second-order valence-corrected chi connectivity index (χ2v) is 3.76. The molecular weight excluding hydrogens is 202 g/mol. The third-order valence-electron chi connectivity index (χ3n) is 2.12. The van der Waals surface area contributed by atoms with Crippen molar-refractivity contribution < 1.29 is 4.74 Å². The summed E-state index contributed by atoms with van der Waals surface area (Å²) >= 11 is 6.06. The number of hydrogen-bond donors (Lipinski definition) is 1. The molecule has 0 fully saturated rings. The van der Waals surface area contributed by atoms with Crippen molar-refractivity contribution in [3.8, 4) is 0 Å². The van der Waals surface area contributed by atoms with E-state index in [2.05, 4.69) is 5.10 Å². The summed E-state index contributed by atoms with van der Waals surface area (Å²) in [5.74, 6) is 0. The van der Waals surface area contributed by atoms with Gasteiger partial charge < -0.3 is 10.5 Å². The Kier molecular flexibility index (Phi) is 3.92. The van der Waals surface area contributed by atoms with E-state index < -0.39 is 0 Å². The van der Waals surface area contributed by atoms with Crippen LogP contribution in [-0.4, -0.2) is 29.5 Å². The Morgan fingerprint density at radius 2 is 2.29 bits per heavy atom. The number of hydrogen-bond acceptors (Lipinski definition) is 3. The van der Waals surface area contributed by atoms with E-state index in [-0.39, 0.29) is 6.04 Å². The smallest absolute Gasteiger partial charge is 0.130 e. The second kappa shape index (κ2) is 4.77. The van der Waals surface area contributed by atoms with Crippen LogP contribution in [0.25, 0.3) is 0 Å². The van der Waals surface area contributed by atoms with Gasteiger partial charge in [-0.25, -0.2) is 0 Å². The number of halogens is 1. The van der Waals surface area contributed by atoms with Crippen LogP contribution in [0.1, 0.15) is 11.3 Å². The summed E-state index contributed by atoms with van der Waals surface area (Å²) in [5, 5.41) is 4.87. The van der Waals surface area contributed by atoms with Gasteiger partial charge in [-0.05, 0) is 13.3 Å². The van der Waals surface area contributed by atoms with E-state index in [1.807, 2.05) is 14.0 Å². The fraction of sp³-hybridized carbons (Fsp3) is 0.667. The molecule has 4 nitrogen and oxygen atoms in total. The van der Waals surface area contributed by atoms with Gasteiger partial charge in [-0.15, -0.1) is 0 Å². The van der Waals surface area contributed by atoms with Crippen molar-refractivity contribution in [2.24, 2.45) is 12.8 Å². The monoisotopic (exact) mass is 217 g/mol. The fourth-order valence-corrected chi connectivity index (χ4v) is 1.69. The quantitative estimate of drug-likeness (QED) is 0.816. The first kappa shape index (κ1) is 11.5. The van der Waals surface area contributed by atoms with E-state index in [1.54, 1.807) is 11.8 Å². The normalized spacial score (nSPS) is 13.2. The number of rotatable bonds is 4. The number of aromatic nitrogens is 2. The minimum atomic E-state index is -0.0274.